The Morgan fingerprint density at radius 2 is 2.06 bits per heavy atom. The molecule has 1 aliphatic carbocycles. The molecule has 17 heavy (non-hydrogen) atoms. The predicted octanol–water partition coefficient (Wildman–Crippen LogP) is 4.54. The van der Waals surface area contributed by atoms with Gasteiger partial charge in [0, 0.05) is 11.3 Å². The number of hydrogen-bond acceptors (Lipinski definition) is 3. The third-order valence-electron chi connectivity index (χ3n) is 3.31. The second kappa shape index (κ2) is 6.05. The number of thioether (sulfide) groups is 1. The van der Waals surface area contributed by atoms with Crippen LogP contribution in [0.15, 0.2) is 11.4 Å². The summed E-state index contributed by atoms with van der Waals surface area (Å²) in [7, 11) is 0. The maximum absolute atomic E-state index is 6.16. The van der Waals surface area contributed by atoms with Gasteiger partial charge in [0.15, 0.2) is 0 Å². The molecule has 0 amide bonds. The largest absolute Gasteiger partial charge is 0.230 e. The summed E-state index contributed by atoms with van der Waals surface area (Å²) in [4.78, 5) is 8.47. The van der Waals surface area contributed by atoms with Crippen LogP contribution in [0.3, 0.4) is 0 Å². The van der Waals surface area contributed by atoms with Gasteiger partial charge in [-0.25, -0.2) is 9.97 Å². The summed E-state index contributed by atoms with van der Waals surface area (Å²) in [6, 6.07) is 0. The lowest BCUT2D eigenvalue weighted by molar-refractivity contribution is 0.622. The molecule has 1 aromatic rings. The molecule has 4 heteroatoms. The molecule has 0 N–H and O–H groups in total. The fraction of sp³-hybridized carbons (Fsp3) is 0.692. The van der Waals surface area contributed by atoms with Gasteiger partial charge in [0.25, 0.3) is 0 Å². The lowest BCUT2D eigenvalue weighted by Gasteiger charge is -2.14. The first-order valence-electron chi connectivity index (χ1n) is 6.31. The van der Waals surface area contributed by atoms with E-state index in [9.17, 15) is 0 Å². The fourth-order valence-corrected chi connectivity index (χ4v) is 4.08. The molecular formula is C13H19ClN2S. The van der Waals surface area contributed by atoms with Gasteiger partial charge < -0.3 is 0 Å². The molecule has 0 bridgehead atoms. The van der Waals surface area contributed by atoms with Crippen molar-refractivity contribution in [2.75, 3.05) is 5.75 Å². The van der Waals surface area contributed by atoms with Crippen LogP contribution in [0.25, 0.3) is 0 Å². The Morgan fingerprint density at radius 3 is 2.71 bits per heavy atom. The predicted molar refractivity (Wildman–Crippen MR) is 73.8 cm³/mol. The Labute approximate surface area is 113 Å². The van der Waals surface area contributed by atoms with Crippen LogP contribution in [-0.4, -0.2) is 15.7 Å². The average Bonchev–Trinajstić information content (AvgIpc) is 2.78. The van der Waals surface area contributed by atoms with Gasteiger partial charge in [-0.05, 0) is 24.7 Å². The topological polar surface area (TPSA) is 25.8 Å². The van der Waals surface area contributed by atoms with Gasteiger partial charge in [0.2, 0.25) is 0 Å². The quantitative estimate of drug-likeness (QED) is 0.594. The van der Waals surface area contributed by atoms with Gasteiger partial charge in [-0.3, -0.25) is 0 Å². The van der Waals surface area contributed by atoms with E-state index in [4.69, 9.17) is 11.6 Å². The summed E-state index contributed by atoms with van der Waals surface area (Å²) >= 11 is 8.01. The SMILES string of the molecule is CC(C)c1c(Cl)ncnc1SCC1CCCC1. The highest BCUT2D eigenvalue weighted by Crippen LogP contribution is 2.35. The lowest BCUT2D eigenvalue weighted by Crippen LogP contribution is -2.01. The molecule has 2 nitrogen and oxygen atoms in total. The molecule has 0 aromatic carbocycles. The van der Waals surface area contributed by atoms with Crippen molar-refractivity contribution in [2.24, 2.45) is 5.92 Å². The molecule has 0 spiro atoms. The zero-order valence-electron chi connectivity index (χ0n) is 10.4. The van der Waals surface area contributed by atoms with E-state index in [1.165, 1.54) is 31.4 Å². The van der Waals surface area contributed by atoms with Crippen molar-refractivity contribution >= 4 is 23.4 Å². The van der Waals surface area contributed by atoms with E-state index < -0.39 is 0 Å². The van der Waals surface area contributed by atoms with E-state index >= 15 is 0 Å². The van der Waals surface area contributed by atoms with Crippen LogP contribution in [0.1, 0.15) is 51.0 Å². The van der Waals surface area contributed by atoms with Crippen LogP contribution in [-0.2, 0) is 0 Å². The monoisotopic (exact) mass is 270 g/mol. The smallest absolute Gasteiger partial charge is 0.137 e. The Bertz CT molecular complexity index is 376. The number of rotatable bonds is 4. The van der Waals surface area contributed by atoms with Crippen molar-refractivity contribution in [3.8, 4) is 0 Å². The standard InChI is InChI=1S/C13H19ClN2S/c1-9(2)11-12(14)15-8-16-13(11)17-7-10-5-3-4-6-10/h8-10H,3-7H2,1-2H3. The molecule has 1 heterocycles. The molecule has 1 aliphatic rings. The van der Waals surface area contributed by atoms with Gasteiger partial charge in [0.1, 0.15) is 16.5 Å². The van der Waals surface area contributed by atoms with Gasteiger partial charge in [0.05, 0.1) is 0 Å². The number of hydrogen-bond donors (Lipinski definition) is 0. The maximum Gasteiger partial charge on any atom is 0.137 e. The van der Waals surface area contributed by atoms with Crippen molar-refractivity contribution in [3.63, 3.8) is 0 Å². The van der Waals surface area contributed by atoms with Crippen molar-refractivity contribution in [1.29, 1.82) is 0 Å². The highest BCUT2D eigenvalue weighted by molar-refractivity contribution is 7.99. The summed E-state index contributed by atoms with van der Waals surface area (Å²) in [6.07, 6.45) is 7.12. The number of halogens is 1. The second-order valence-corrected chi connectivity index (χ2v) is 6.37. The Morgan fingerprint density at radius 1 is 1.35 bits per heavy atom. The average molecular weight is 271 g/mol. The molecule has 1 fully saturated rings. The number of nitrogens with zero attached hydrogens (tertiary/aromatic N) is 2. The van der Waals surface area contributed by atoms with Gasteiger partial charge >= 0.3 is 0 Å². The highest BCUT2D eigenvalue weighted by Gasteiger charge is 2.18. The Kier molecular flexibility index (Phi) is 4.69. The van der Waals surface area contributed by atoms with E-state index in [0.29, 0.717) is 11.1 Å². The first-order chi connectivity index (χ1) is 8.18. The third-order valence-corrected chi connectivity index (χ3v) is 4.84. The van der Waals surface area contributed by atoms with Crippen LogP contribution in [0.5, 0.6) is 0 Å². The molecule has 1 aromatic heterocycles. The molecule has 1 saturated carbocycles. The molecular weight excluding hydrogens is 252 g/mol. The van der Waals surface area contributed by atoms with Crippen molar-refractivity contribution in [2.45, 2.75) is 50.5 Å². The summed E-state index contributed by atoms with van der Waals surface area (Å²) in [5.41, 5.74) is 1.11. The van der Waals surface area contributed by atoms with Gasteiger partial charge in [-0.2, -0.15) is 0 Å². The Balaban J connectivity index is 2.06. The van der Waals surface area contributed by atoms with Crippen molar-refractivity contribution in [3.05, 3.63) is 17.0 Å². The van der Waals surface area contributed by atoms with E-state index in [1.807, 2.05) is 11.8 Å². The fourth-order valence-electron chi connectivity index (χ4n) is 2.33. The first-order valence-corrected chi connectivity index (χ1v) is 7.68. The van der Waals surface area contributed by atoms with Gasteiger partial charge in [-0.1, -0.05) is 38.3 Å². The molecule has 0 saturated heterocycles. The third kappa shape index (κ3) is 3.35. The first kappa shape index (κ1) is 13.2. The minimum Gasteiger partial charge on any atom is -0.230 e. The molecule has 0 atom stereocenters. The van der Waals surface area contributed by atoms with E-state index in [0.717, 1.165) is 16.5 Å². The zero-order chi connectivity index (χ0) is 12.3. The Hall–Kier alpha value is -0.280. The molecule has 0 unspecified atom stereocenters. The molecule has 0 aliphatic heterocycles. The van der Waals surface area contributed by atoms with Crippen LogP contribution in [0.4, 0.5) is 0 Å². The number of aromatic nitrogens is 2. The lowest BCUT2D eigenvalue weighted by atomic mass is 10.1. The van der Waals surface area contributed by atoms with Gasteiger partial charge in [-0.15, -0.1) is 11.8 Å². The van der Waals surface area contributed by atoms with Crippen LogP contribution >= 0.6 is 23.4 Å². The second-order valence-electron chi connectivity index (χ2n) is 5.00. The highest BCUT2D eigenvalue weighted by atomic mass is 35.5. The zero-order valence-corrected chi connectivity index (χ0v) is 12.0. The van der Waals surface area contributed by atoms with E-state index in [1.54, 1.807) is 6.33 Å². The molecule has 0 radical (unpaired) electrons. The van der Waals surface area contributed by atoms with Crippen LogP contribution in [0, 0.1) is 5.92 Å². The van der Waals surface area contributed by atoms with Crippen LogP contribution < -0.4 is 0 Å². The summed E-state index contributed by atoms with van der Waals surface area (Å²) in [5.74, 6) is 2.43. The summed E-state index contributed by atoms with van der Waals surface area (Å²) in [5, 5.41) is 1.69. The maximum atomic E-state index is 6.16. The minimum atomic E-state index is 0.384. The summed E-state index contributed by atoms with van der Waals surface area (Å²) in [6.45, 7) is 4.29. The molecule has 2 rings (SSSR count). The normalized spacial score (nSPS) is 16.9. The van der Waals surface area contributed by atoms with Crippen molar-refractivity contribution < 1.29 is 0 Å². The van der Waals surface area contributed by atoms with Crippen molar-refractivity contribution in [1.82, 2.24) is 9.97 Å². The van der Waals surface area contributed by atoms with E-state index in [-0.39, 0.29) is 0 Å². The summed E-state index contributed by atoms with van der Waals surface area (Å²) < 4.78 is 0. The van der Waals surface area contributed by atoms with Crippen LogP contribution in [0.2, 0.25) is 5.15 Å². The van der Waals surface area contributed by atoms with E-state index in [2.05, 4.69) is 23.8 Å². The minimum absolute atomic E-state index is 0.384. The molecule has 94 valence electrons.